The van der Waals surface area contributed by atoms with Crippen LogP contribution in [0.3, 0.4) is 0 Å². The molecule has 0 aromatic carbocycles. The number of piperidine rings is 1. The van der Waals surface area contributed by atoms with Gasteiger partial charge in [-0.25, -0.2) is 4.98 Å². The maximum absolute atomic E-state index is 11.7. The fourth-order valence-corrected chi connectivity index (χ4v) is 2.70. The van der Waals surface area contributed by atoms with Crippen molar-refractivity contribution < 1.29 is 4.79 Å². The van der Waals surface area contributed by atoms with Gasteiger partial charge in [0, 0.05) is 32.4 Å². The molecule has 4 heteroatoms. The lowest BCUT2D eigenvalue weighted by molar-refractivity contribution is -0.126. The lowest BCUT2D eigenvalue weighted by Crippen LogP contribution is -2.40. The molecule has 1 aliphatic rings. The van der Waals surface area contributed by atoms with Gasteiger partial charge in [0.1, 0.15) is 5.82 Å². The molecule has 2 rings (SSSR count). The van der Waals surface area contributed by atoms with Gasteiger partial charge < -0.3 is 9.80 Å². The van der Waals surface area contributed by atoms with Gasteiger partial charge in [-0.1, -0.05) is 12.6 Å². The van der Waals surface area contributed by atoms with Crippen molar-refractivity contribution in [2.24, 2.45) is 5.92 Å². The first kappa shape index (κ1) is 14.6. The quantitative estimate of drug-likeness (QED) is 0.773. The second-order valence-corrected chi connectivity index (χ2v) is 5.20. The Morgan fingerprint density at radius 1 is 1.50 bits per heavy atom. The average Bonchev–Trinajstić information content (AvgIpc) is 2.53. The number of carbonyl (C=O) groups is 1. The minimum atomic E-state index is 0.0413. The molecule has 1 fully saturated rings. The summed E-state index contributed by atoms with van der Waals surface area (Å²) in [7, 11) is 0. The normalized spacial score (nSPS) is 15.9. The summed E-state index contributed by atoms with van der Waals surface area (Å²) < 4.78 is 0. The zero-order valence-corrected chi connectivity index (χ0v) is 12.2. The van der Waals surface area contributed by atoms with E-state index in [1.807, 2.05) is 30.2 Å². The van der Waals surface area contributed by atoms with Crippen molar-refractivity contribution in [2.45, 2.75) is 19.8 Å². The van der Waals surface area contributed by atoms with Crippen LogP contribution in [0.25, 0.3) is 0 Å². The third-order valence-corrected chi connectivity index (χ3v) is 3.93. The molecule has 20 heavy (non-hydrogen) atoms. The Labute approximate surface area is 121 Å². The molecular weight excluding hydrogens is 250 g/mol. The summed E-state index contributed by atoms with van der Waals surface area (Å²) >= 11 is 0. The zero-order valence-electron chi connectivity index (χ0n) is 12.2. The summed E-state index contributed by atoms with van der Waals surface area (Å²) in [5.41, 5.74) is 0. The number of anilines is 1. The van der Waals surface area contributed by atoms with Crippen LogP contribution in [0.4, 0.5) is 5.82 Å². The number of rotatable bonds is 5. The molecule has 0 N–H and O–H groups in total. The Bertz CT molecular complexity index is 438. The molecule has 1 aromatic rings. The van der Waals surface area contributed by atoms with Gasteiger partial charge in [0.05, 0.1) is 0 Å². The van der Waals surface area contributed by atoms with Crippen molar-refractivity contribution in [1.29, 1.82) is 0 Å². The van der Waals surface area contributed by atoms with E-state index in [4.69, 9.17) is 0 Å². The van der Waals surface area contributed by atoms with E-state index in [2.05, 4.69) is 22.5 Å². The first-order chi connectivity index (χ1) is 9.74. The van der Waals surface area contributed by atoms with Gasteiger partial charge in [0.15, 0.2) is 0 Å². The van der Waals surface area contributed by atoms with Gasteiger partial charge in [-0.15, -0.1) is 0 Å². The molecule has 0 unspecified atom stereocenters. The van der Waals surface area contributed by atoms with Crippen molar-refractivity contribution in [3.8, 4) is 0 Å². The standard InChI is InChI=1S/C16H23N3O/c1-3-16(20)18(4-2)13-14-8-11-19(12-9-14)15-7-5-6-10-17-15/h3,5-7,10,14H,1,4,8-9,11-13H2,2H3. The van der Waals surface area contributed by atoms with Crippen molar-refractivity contribution in [3.05, 3.63) is 37.1 Å². The Morgan fingerprint density at radius 3 is 2.80 bits per heavy atom. The highest BCUT2D eigenvalue weighted by atomic mass is 16.2. The fraction of sp³-hybridized carbons (Fsp3) is 0.500. The van der Waals surface area contributed by atoms with E-state index < -0.39 is 0 Å². The fourth-order valence-electron chi connectivity index (χ4n) is 2.70. The topological polar surface area (TPSA) is 36.4 Å². The van der Waals surface area contributed by atoms with Crippen LogP contribution in [0.5, 0.6) is 0 Å². The van der Waals surface area contributed by atoms with E-state index in [0.717, 1.165) is 44.8 Å². The molecule has 0 saturated carbocycles. The molecule has 0 aliphatic carbocycles. The van der Waals surface area contributed by atoms with Crippen LogP contribution < -0.4 is 4.90 Å². The number of hydrogen-bond donors (Lipinski definition) is 0. The average molecular weight is 273 g/mol. The molecule has 108 valence electrons. The van der Waals surface area contributed by atoms with Crippen molar-refractivity contribution in [2.75, 3.05) is 31.1 Å². The van der Waals surface area contributed by atoms with Crippen LogP contribution in [-0.4, -0.2) is 42.0 Å². The van der Waals surface area contributed by atoms with E-state index in [1.54, 1.807) is 0 Å². The highest BCUT2D eigenvalue weighted by Gasteiger charge is 2.22. The summed E-state index contributed by atoms with van der Waals surface area (Å²) in [6.45, 7) is 9.22. The number of pyridine rings is 1. The van der Waals surface area contributed by atoms with Crippen molar-refractivity contribution in [3.63, 3.8) is 0 Å². The SMILES string of the molecule is C=CC(=O)N(CC)CC1CCN(c2ccccn2)CC1. The van der Waals surface area contributed by atoms with Crippen molar-refractivity contribution in [1.82, 2.24) is 9.88 Å². The van der Waals surface area contributed by atoms with E-state index in [0.29, 0.717) is 5.92 Å². The van der Waals surface area contributed by atoms with E-state index in [9.17, 15) is 4.79 Å². The predicted molar refractivity (Wildman–Crippen MR) is 81.6 cm³/mol. The summed E-state index contributed by atoms with van der Waals surface area (Å²) in [4.78, 5) is 20.3. The molecule has 1 aromatic heterocycles. The molecule has 0 atom stereocenters. The third-order valence-electron chi connectivity index (χ3n) is 3.93. The van der Waals surface area contributed by atoms with E-state index in [-0.39, 0.29) is 5.91 Å². The second kappa shape index (κ2) is 7.08. The van der Waals surface area contributed by atoms with Gasteiger partial charge in [0.2, 0.25) is 5.91 Å². The van der Waals surface area contributed by atoms with Crippen LogP contribution >= 0.6 is 0 Å². The minimum Gasteiger partial charge on any atom is -0.357 e. The highest BCUT2D eigenvalue weighted by molar-refractivity contribution is 5.86. The molecule has 1 amide bonds. The Kier molecular flexibility index (Phi) is 5.16. The molecule has 4 nitrogen and oxygen atoms in total. The van der Waals surface area contributed by atoms with Crippen molar-refractivity contribution >= 4 is 11.7 Å². The van der Waals surface area contributed by atoms with Crippen LogP contribution in [0.1, 0.15) is 19.8 Å². The first-order valence-corrected chi connectivity index (χ1v) is 7.32. The minimum absolute atomic E-state index is 0.0413. The summed E-state index contributed by atoms with van der Waals surface area (Å²) in [5, 5.41) is 0. The monoisotopic (exact) mass is 273 g/mol. The Balaban J connectivity index is 1.85. The van der Waals surface area contributed by atoms with Crippen LogP contribution in [0.15, 0.2) is 37.1 Å². The predicted octanol–water partition coefficient (Wildman–Crippen LogP) is 2.33. The van der Waals surface area contributed by atoms with E-state index in [1.165, 1.54) is 6.08 Å². The van der Waals surface area contributed by atoms with Crippen LogP contribution in [0.2, 0.25) is 0 Å². The molecule has 0 bridgehead atoms. The summed E-state index contributed by atoms with van der Waals surface area (Å²) in [5.74, 6) is 1.68. The Morgan fingerprint density at radius 2 is 2.25 bits per heavy atom. The molecule has 2 heterocycles. The summed E-state index contributed by atoms with van der Waals surface area (Å²) in [6, 6.07) is 6.02. The zero-order chi connectivity index (χ0) is 14.4. The molecule has 0 radical (unpaired) electrons. The van der Waals surface area contributed by atoms with Gasteiger partial charge in [0.25, 0.3) is 0 Å². The lowest BCUT2D eigenvalue weighted by Gasteiger charge is -2.35. The number of aromatic nitrogens is 1. The maximum atomic E-state index is 11.7. The van der Waals surface area contributed by atoms with Gasteiger partial charge in [-0.3, -0.25) is 4.79 Å². The molecular formula is C16H23N3O. The molecule has 1 saturated heterocycles. The van der Waals surface area contributed by atoms with Crippen LogP contribution in [0, 0.1) is 5.92 Å². The number of carbonyl (C=O) groups excluding carboxylic acids is 1. The largest absolute Gasteiger partial charge is 0.357 e. The Hall–Kier alpha value is -1.84. The van der Waals surface area contributed by atoms with E-state index >= 15 is 0 Å². The molecule has 0 spiro atoms. The third kappa shape index (κ3) is 3.59. The number of amides is 1. The molecule has 1 aliphatic heterocycles. The first-order valence-electron chi connectivity index (χ1n) is 7.32. The second-order valence-electron chi connectivity index (χ2n) is 5.20. The lowest BCUT2D eigenvalue weighted by atomic mass is 9.96. The smallest absolute Gasteiger partial charge is 0.245 e. The number of nitrogens with zero attached hydrogens (tertiary/aromatic N) is 3. The maximum Gasteiger partial charge on any atom is 0.245 e. The highest BCUT2D eigenvalue weighted by Crippen LogP contribution is 2.22. The van der Waals surface area contributed by atoms with Crippen LogP contribution in [-0.2, 0) is 4.79 Å². The summed E-state index contributed by atoms with van der Waals surface area (Å²) in [6.07, 6.45) is 5.46. The number of likely N-dealkylation sites (N-methyl/N-ethyl adjacent to an activating group) is 1. The van der Waals surface area contributed by atoms with Gasteiger partial charge in [-0.2, -0.15) is 0 Å². The number of hydrogen-bond acceptors (Lipinski definition) is 3. The van der Waals surface area contributed by atoms with Gasteiger partial charge >= 0.3 is 0 Å². The van der Waals surface area contributed by atoms with Gasteiger partial charge in [-0.05, 0) is 43.9 Å².